The van der Waals surface area contributed by atoms with Crippen LogP contribution in [0.1, 0.15) is 59.7 Å². The smallest absolute Gasteiger partial charge is 0.162 e. The van der Waals surface area contributed by atoms with E-state index in [2.05, 4.69) is 34.4 Å². The van der Waals surface area contributed by atoms with Gasteiger partial charge in [0.05, 0.1) is 33.0 Å². The standard InChI is InChI=1S/C31H39N3O5/c1-34-11-7-17-12-24(38-4)28(35)27-26(17)21(34)15-30(27)8-9-31(25(16-30)39-5)29-18(6-10-32-31)19-13-22(36-2)23(37-3)14-20(19)33-29/h12-14,21,25,32-33,35H,6-11,15-16H2,1-5H3/t21-,25-,30+,31-/m0/s1. The molecule has 2 spiro atoms. The van der Waals surface area contributed by atoms with Crippen LogP contribution in [0.3, 0.4) is 0 Å². The highest BCUT2D eigenvalue weighted by Crippen LogP contribution is 2.63. The predicted octanol–water partition coefficient (Wildman–Crippen LogP) is 4.31. The summed E-state index contributed by atoms with van der Waals surface area (Å²) in [5.74, 6) is 2.38. The average Bonchev–Trinajstić information content (AvgIpc) is 3.50. The van der Waals surface area contributed by atoms with Gasteiger partial charge in [-0.05, 0) is 74.4 Å². The zero-order chi connectivity index (χ0) is 27.1. The van der Waals surface area contributed by atoms with Gasteiger partial charge in [0.1, 0.15) is 0 Å². The van der Waals surface area contributed by atoms with Gasteiger partial charge in [0, 0.05) is 59.9 Å². The first kappa shape index (κ1) is 25.1. The molecule has 3 heterocycles. The summed E-state index contributed by atoms with van der Waals surface area (Å²) in [7, 11) is 9.07. The third-order valence-electron chi connectivity index (χ3n) is 10.4. The van der Waals surface area contributed by atoms with Crippen LogP contribution in [0.5, 0.6) is 23.0 Å². The van der Waals surface area contributed by atoms with E-state index in [0.717, 1.165) is 74.2 Å². The van der Waals surface area contributed by atoms with Crippen LogP contribution >= 0.6 is 0 Å². The summed E-state index contributed by atoms with van der Waals surface area (Å²) >= 11 is 0. The van der Waals surface area contributed by atoms with Crippen LogP contribution in [-0.4, -0.2) is 69.7 Å². The molecule has 8 heteroatoms. The molecule has 0 bridgehead atoms. The van der Waals surface area contributed by atoms with Crippen molar-refractivity contribution >= 4 is 10.9 Å². The van der Waals surface area contributed by atoms with Gasteiger partial charge in [-0.25, -0.2) is 0 Å². The Morgan fingerprint density at radius 2 is 1.72 bits per heavy atom. The zero-order valence-corrected chi connectivity index (χ0v) is 23.6. The van der Waals surface area contributed by atoms with E-state index in [1.165, 1.54) is 27.8 Å². The van der Waals surface area contributed by atoms with Gasteiger partial charge in [0.15, 0.2) is 23.0 Å². The number of hydrogen-bond acceptors (Lipinski definition) is 7. The quantitative estimate of drug-likeness (QED) is 0.461. The lowest BCUT2D eigenvalue weighted by Gasteiger charge is -2.52. The largest absolute Gasteiger partial charge is 0.504 e. The Kier molecular flexibility index (Phi) is 5.64. The number of aromatic nitrogens is 1. The molecule has 1 aromatic heterocycles. The number of aromatic hydroxyl groups is 1. The number of benzene rings is 2. The Balaban J connectivity index is 1.35. The van der Waals surface area contributed by atoms with Crippen LogP contribution in [0, 0.1) is 0 Å². The molecule has 3 N–H and O–H groups in total. The summed E-state index contributed by atoms with van der Waals surface area (Å²) in [4.78, 5) is 6.25. The summed E-state index contributed by atoms with van der Waals surface area (Å²) in [6, 6.07) is 6.52. The van der Waals surface area contributed by atoms with Crippen LogP contribution < -0.4 is 19.5 Å². The van der Waals surface area contributed by atoms with Crippen molar-refractivity contribution in [1.29, 1.82) is 0 Å². The van der Waals surface area contributed by atoms with Crippen LogP contribution in [0.25, 0.3) is 10.9 Å². The summed E-state index contributed by atoms with van der Waals surface area (Å²) in [6.45, 7) is 1.90. The van der Waals surface area contributed by atoms with Gasteiger partial charge in [-0.3, -0.25) is 4.90 Å². The fraction of sp³-hybridized carbons (Fsp3) is 0.548. The molecule has 1 fully saturated rings. The molecule has 0 saturated heterocycles. The molecule has 4 aliphatic rings. The van der Waals surface area contributed by atoms with Crippen LogP contribution in [-0.2, 0) is 28.5 Å². The van der Waals surface area contributed by atoms with Crippen molar-refractivity contribution in [3.8, 4) is 23.0 Å². The van der Waals surface area contributed by atoms with E-state index in [-0.39, 0.29) is 17.1 Å². The van der Waals surface area contributed by atoms with Gasteiger partial charge >= 0.3 is 0 Å². The number of nitrogens with one attached hydrogen (secondary N) is 2. The van der Waals surface area contributed by atoms with E-state index in [1.807, 2.05) is 13.2 Å². The van der Waals surface area contributed by atoms with Gasteiger partial charge in [0.25, 0.3) is 0 Å². The molecule has 208 valence electrons. The minimum absolute atomic E-state index is 0.0751. The maximum Gasteiger partial charge on any atom is 0.162 e. The molecule has 1 saturated carbocycles. The number of rotatable bonds is 4. The first-order valence-corrected chi connectivity index (χ1v) is 14.1. The number of H-pyrrole nitrogens is 1. The summed E-state index contributed by atoms with van der Waals surface area (Å²) in [5, 5.41) is 16.7. The SMILES string of the molecule is COc1cc2[nH]c3c(c2cc1OC)CCN[C@]31CC[C@]2(C[C@@H]1OC)C[C@H]1c3c(cc(OC)c(O)c32)CCN1C. The molecule has 39 heavy (non-hydrogen) atoms. The number of fused-ring (bicyclic) bond motifs is 5. The molecule has 0 unspecified atom stereocenters. The molecule has 0 radical (unpaired) electrons. The second-order valence-corrected chi connectivity index (χ2v) is 11.9. The summed E-state index contributed by atoms with van der Waals surface area (Å²) in [5.41, 5.74) is 6.85. The lowest BCUT2D eigenvalue weighted by Crippen LogP contribution is -2.60. The van der Waals surface area contributed by atoms with Crippen molar-refractivity contribution < 1.29 is 24.1 Å². The van der Waals surface area contributed by atoms with Gasteiger partial charge in [-0.15, -0.1) is 0 Å². The van der Waals surface area contributed by atoms with Gasteiger partial charge < -0.3 is 34.4 Å². The molecule has 0 amide bonds. The van der Waals surface area contributed by atoms with E-state index < -0.39 is 0 Å². The van der Waals surface area contributed by atoms with Crippen molar-refractivity contribution in [2.24, 2.45) is 0 Å². The summed E-state index contributed by atoms with van der Waals surface area (Å²) < 4.78 is 23.3. The highest BCUT2D eigenvalue weighted by atomic mass is 16.5. The van der Waals surface area contributed by atoms with Crippen LogP contribution in [0.4, 0.5) is 0 Å². The highest BCUT2D eigenvalue weighted by Gasteiger charge is 2.58. The van der Waals surface area contributed by atoms with E-state index in [9.17, 15) is 5.11 Å². The van der Waals surface area contributed by atoms with Crippen molar-refractivity contribution in [3.05, 3.63) is 46.1 Å². The fourth-order valence-corrected chi connectivity index (χ4v) is 8.53. The third-order valence-corrected chi connectivity index (χ3v) is 10.4. The van der Waals surface area contributed by atoms with Crippen LogP contribution in [0.15, 0.2) is 18.2 Å². The molecule has 3 aromatic rings. The maximum atomic E-state index is 11.6. The first-order valence-electron chi connectivity index (χ1n) is 14.1. The summed E-state index contributed by atoms with van der Waals surface area (Å²) in [6.07, 6.45) is 5.53. The van der Waals surface area contributed by atoms with Gasteiger partial charge in [-0.2, -0.15) is 0 Å². The lowest BCUT2D eigenvalue weighted by atomic mass is 9.61. The topological polar surface area (TPSA) is 88.2 Å². The minimum atomic E-state index is -0.339. The van der Waals surface area contributed by atoms with E-state index >= 15 is 0 Å². The third kappa shape index (κ3) is 3.28. The predicted molar refractivity (Wildman–Crippen MR) is 149 cm³/mol. The number of phenols is 1. The zero-order valence-electron chi connectivity index (χ0n) is 23.6. The van der Waals surface area contributed by atoms with Crippen molar-refractivity contribution in [1.82, 2.24) is 15.2 Å². The average molecular weight is 534 g/mol. The number of likely N-dealkylation sites (N-methyl/N-ethyl adjacent to an activating group) is 1. The molecule has 2 aromatic carbocycles. The monoisotopic (exact) mass is 533 g/mol. The Bertz CT molecular complexity index is 1470. The number of methoxy groups -OCH3 is 4. The Labute approximate surface area is 229 Å². The van der Waals surface area contributed by atoms with Gasteiger partial charge in [0.2, 0.25) is 0 Å². The normalized spacial score (nSPS) is 29.6. The number of aromatic amines is 1. The molecular weight excluding hydrogens is 494 g/mol. The van der Waals surface area contributed by atoms with Crippen molar-refractivity contribution in [3.63, 3.8) is 0 Å². The number of nitrogens with zero attached hydrogens (tertiary/aromatic N) is 1. The van der Waals surface area contributed by atoms with E-state index in [1.54, 1.807) is 21.3 Å². The molecule has 7 rings (SSSR count). The molecule has 8 nitrogen and oxygen atoms in total. The van der Waals surface area contributed by atoms with Crippen molar-refractivity contribution in [2.45, 2.75) is 61.6 Å². The first-order chi connectivity index (χ1) is 18.9. The molecule has 2 aliphatic carbocycles. The molecular formula is C31H39N3O5. The highest BCUT2D eigenvalue weighted by molar-refractivity contribution is 5.88. The minimum Gasteiger partial charge on any atom is -0.504 e. The second kappa shape index (κ2) is 8.78. The van der Waals surface area contributed by atoms with Gasteiger partial charge in [-0.1, -0.05) is 0 Å². The number of ether oxygens (including phenoxy) is 4. The Morgan fingerprint density at radius 3 is 2.46 bits per heavy atom. The molecule has 2 aliphatic heterocycles. The number of phenolic OH excluding ortho intramolecular Hbond substituents is 1. The second-order valence-electron chi connectivity index (χ2n) is 11.9. The van der Waals surface area contributed by atoms with Crippen LogP contribution in [0.2, 0.25) is 0 Å². The van der Waals surface area contributed by atoms with E-state index in [4.69, 9.17) is 18.9 Å². The lowest BCUT2D eigenvalue weighted by molar-refractivity contribution is -0.0482. The Hall–Kier alpha value is -2.94. The molecule has 4 atom stereocenters. The maximum absolute atomic E-state index is 11.6. The number of hydrogen-bond donors (Lipinski definition) is 3. The van der Waals surface area contributed by atoms with Crippen molar-refractivity contribution in [2.75, 3.05) is 48.6 Å². The van der Waals surface area contributed by atoms with E-state index in [0.29, 0.717) is 17.5 Å². The Morgan fingerprint density at radius 1 is 0.949 bits per heavy atom. The fourth-order valence-electron chi connectivity index (χ4n) is 8.53.